The molecule has 0 amide bonds. The van der Waals surface area contributed by atoms with E-state index in [-0.39, 0.29) is 5.57 Å². The highest BCUT2D eigenvalue weighted by molar-refractivity contribution is 9.10. The minimum Gasteiger partial charge on any atom is -0.494 e. The predicted molar refractivity (Wildman–Crippen MR) is 87.3 cm³/mol. The molecule has 21 heavy (non-hydrogen) atoms. The van der Waals surface area contributed by atoms with E-state index < -0.39 is 5.97 Å². The standard InChI is InChI=1S/C17H15BrO3/c1-2-21-15-5-3-4-12(10-15)11-16(17(19)20)13-6-8-14(18)9-7-13/h3-11H,2H2,1H3,(H,19,20)/b16-11-. The third-order valence-corrected chi connectivity index (χ3v) is 3.39. The van der Waals surface area contributed by atoms with Gasteiger partial charge in [0.25, 0.3) is 0 Å². The Kier molecular flexibility index (Phi) is 5.17. The molecule has 0 unspecified atom stereocenters. The summed E-state index contributed by atoms with van der Waals surface area (Å²) in [4.78, 5) is 11.5. The number of carboxylic acids is 1. The van der Waals surface area contributed by atoms with Gasteiger partial charge in [-0.3, -0.25) is 0 Å². The minimum atomic E-state index is -0.959. The fraction of sp³-hybridized carbons (Fsp3) is 0.118. The molecule has 0 atom stereocenters. The van der Waals surface area contributed by atoms with Crippen LogP contribution in [0.4, 0.5) is 0 Å². The van der Waals surface area contributed by atoms with E-state index in [1.54, 1.807) is 18.2 Å². The highest BCUT2D eigenvalue weighted by Crippen LogP contribution is 2.23. The van der Waals surface area contributed by atoms with E-state index in [9.17, 15) is 9.90 Å². The molecule has 2 rings (SSSR count). The molecule has 0 saturated heterocycles. The SMILES string of the molecule is CCOc1cccc(/C=C(\C(=O)O)c2ccc(Br)cc2)c1. The monoisotopic (exact) mass is 346 g/mol. The first-order valence-electron chi connectivity index (χ1n) is 6.54. The van der Waals surface area contributed by atoms with Crippen molar-refractivity contribution in [1.82, 2.24) is 0 Å². The van der Waals surface area contributed by atoms with Crippen molar-refractivity contribution in [2.24, 2.45) is 0 Å². The Labute approximate surface area is 132 Å². The summed E-state index contributed by atoms with van der Waals surface area (Å²) in [6.07, 6.45) is 1.65. The molecule has 108 valence electrons. The average molecular weight is 347 g/mol. The van der Waals surface area contributed by atoms with Crippen molar-refractivity contribution in [1.29, 1.82) is 0 Å². The number of rotatable bonds is 5. The molecule has 0 fully saturated rings. The maximum Gasteiger partial charge on any atom is 0.336 e. The minimum absolute atomic E-state index is 0.246. The van der Waals surface area contributed by atoms with Crippen LogP contribution in [0.15, 0.2) is 53.0 Å². The van der Waals surface area contributed by atoms with Gasteiger partial charge in [-0.05, 0) is 48.4 Å². The fourth-order valence-corrected chi connectivity index (χ4v) is 2.19. The van der Waals surface area contributed by atoms with Gasteiger partial charge in [0.15, 0.2) is 0 Å². The fourth-order valence-electron chi connectivity index (χ4n) is 1.93. The lowest BCUT2D eigenvalue weighted by Gasteiger charge is -2.06. The zero-order valence-electron chi connectivity index (χ0n) is 11.5. The van der Waals surface area contributed by atoms with Gasteiger partial charge in [-0.2, -0.15) is 0 Å². The Morgan fingerprint density at radius 1 is 1.24 bits per heavy atom. The van der Waals surface area contributed by atoms with Crippen LogP contribution in [0.3, 0.4) is 0 Å². The van der Waals surface area contributed by atoms with Gasteiger partial charge in [-0.25, -0.2) is 4.79 Å². The molecule has 0 saturated carbocycles. The summed E-state index contributed by atoms with van der Waals surface area (Å²) in [7, 11) is 0. The number of benzene rings is 2. The second-order valence-electron chi connectivity index (χ2n) is 4.38. The van der Waals surface area contributed by atoms with Crippen LogP contribution in [-0.2, 0) is 4.79 Å². The van der Waals surface area contributed by atoms with Gasteiger partial charge in [0.1, 0.15) is 5.75 Å². The number of halogens is 1. The van der Waals surface area contributed by atoms with E-state index in [1.165, 1.54) is 0 Å². The molecular weight excluding hydrogens is 332 g/mol. The molecule has 2 aromatic carbocycles. The summed E-state index contributed by atoms with van der Waals surface area (Å²) in [5.41, 5.74) is 1.70. The van der Waals surface area contributed by atoms with Crippen molar-refractivity contribution < 1.29 is 14.6 Å². The molecular formula is C17H15BrO3. The molecule has 0 bridgehead atoms. The molecule has 0 aliphatic heterocycles. The van der Waals surface area contributed by atoms with Crippen LogP contribution in [0, 0.1) is 0 Å². The van der Waals surface area contributed by atoms with Crippen LogP contribution in [0.2, 0.25) is 0 Å². The molecule has 0 aliphatic rings. The Balaban J connectivity index is 2.40. The lowest BCUT2D eigenvalue weighted by Crippen LogP contribution is -1.99. The average Bonchev–Trinajstić information content (AvgIpc) is 2.46. The van der Waals surface area contributed by atoms with Gasteiger partial charge in [-0.15, -0.1) is 0 Å². The van der Waals surface area contributed by atoms with Crippen LogP contribution in [0.1, 0.15) is 18.1 Å². The van der Waals surface area contributed by atoms with Crippen molar-refractivity contribution >= 4 is 33.5 Å². The Morgan fingerprint density at radius 3 is 2.57 bits per heavy atom. The maximum atomic E-state index is 11.5. The van der Waals surface area contributed by atoms with Gasteiger partial charge < -0.3 is 9.84 Å². The molecule has 0 radical (unpaired) electrons. The van der Waals surface area contributed by atoms with Gasteiger partial charge >= 0.3 is 5.97 Å². The molecule has 0 spiro atoms. The maximum absolute atomic E-state index is 11.5. The summed E-state index contributed by atoms with van der Waals surface area (Å²) < 4.78 is 6.34. The zero-order chi connectivity index (χ0) is 15.2. The molecule has 0 aromatic heterocycles. The van der Waals surface area contributed by atoms with Crippen molar-refractivity contribution in [3.8, 4) is 5.75 Å². The predicted octanol–water partition coefficient (Wildman–Crippen LogP) is 4.47. The highest BCUT2D eigenvalue weighted by Gasteiger charge is 2.10. The Hall–Kier alpha value is -2.07. The summed E-state index contributed by atoms with van der Waals surface area (Å²) in [6, 6.07) is 14.6. The number of hydrogen-bond donors (Lipinski definition) is 1. The van der Waals surface area contributed by atoms with E-state index in [2.05, 4.69) is 15.9 Å². The second kappa shape index (κ2) is 7.09. The summed E-state index contributed by atoms with van der Waals surface area (Å²) in [5.74, 6) is -0.231. The number of ether oxygens (including phenoxy) is 1. The largest absolute Gasteiger partial charge is 0.494 e. The van der Waals surface area contributed by atoms with Gasteiger partial charge in [-0.1, -0.05) is 40.2 Å². The zero-order valence-corrected chi connectivity index (χ0v) is 13.1. The Morgan fingerprint density at radius 2 is 1.95 bits per heavy atom. The third kappa shape index (κ3) is 4.20. The lowest BCUT2D eigenvalue weighted by atomic mass is 10.0. The highest BCUT2D eigenvalue weighted by atomic mass is 79.9. The number of aliphatic carboxylic acids is 1. The first-order valence-corrected chi connectivity index (χ1v) is 7.33. The topological polar surface area (TPSA) is 46.5 Å². The number of carbonyl (C=O) groups is 1. The van der Waals surface area contributed by atoms with Gasteiger partial charge in [0.05, 0.1) is 12.2 Å². The Bertz CT molecular complexity index is 660. The van der Waals surface area contributed by atoms with Crippen LogP contribution in [0.25, 0.3) is 11.6 Å². The van der Waals surface area contributed by atoms with Crippen molar-refractivity contribution in [2.75, 3.05) is 6.61 Å². The van der Waals surface area contributed by atoms with Gasteiger partial charge in [0, 0.05) is 4.47 Å². The lowest BCUT2D eigenvalue weighted by molar-refractivity contribution is -0.130. The molecule has 1 N–H and O–H groups in total. The van der Waals surface area contributed by atoms with Crippen molar-refractivity contribution in [3.63, 3.8) is 0 Å². The van der Waals surface area contributed by atoms with Crippen LogP contribution in [-0.4, -0.2) is 17.7 Å². The molecule has 0 heterocycles. The molecule has 2 aromatic rings. The van der Waals surface area contributed by atoms with Crippen LogP contribution in [0.5, 0.6) is 5.75 Å². The molecule has 4 heteroatoms. The van der Waals surface area contributed by atoms with Gasteiger partial charge in [0.2, 0.25) is 0 Å². The second-order valence-corrected chi connectivity index (χ2v) is 5.29. The van der Waals surface area contributed by atoms with E-state index in [0.717, 1.165) is 15.8 Å². The summed E-state index contributed by atoms with van der Waals surface area (Å²) >= 11 is 3.34. The quantitative estimate of drug-likeness (QED) is 0.641. The molecule has 0 aliphatic carbocycles. The van der Waals surface area contributed by atoms with E-state index >= 15 is 0 Å². The normalized spacial score (nSPS) is 11.2. The summed E-state index contributed by atoms with van der Waals surface area (Å²) in [5, 5.41) is 9.42. The third-order valence-electron chi connectivity index (χ3n) is 2.87. The first-order chi connectivity index (χ1) is 10.1. The van der Waals surface area contributed by atoms with Crippen molar-refractivity contribution in [3.05, 3.63) is 64.1 Å². The smallest absolute Gasteiger partial charge is 0.336 e. The number of carboxylic acid groups (broad SMARTS) is 1. The molecule has 3 nitrogen and oxygen atoms in total. The van der Waals surface area contributed by atoms with Crippen LogP contribution >= 0.6 is 15.9 Å². The first kappa shape index (κ1) is 15.3. The van der Waals surface area contributed by atoms with Crippen molar-refractivity contribution in [2.45, 2.75) is 6.92 Å². The van der Waals surface area contributed by atoms with Crippen LogP contribution < -0.4 is 4.74 Å². The van der Waals surface area contributed by atoms with E-state index in [0.29, 0.717) is 12.2 Å². The number of hydrogen-bond acceptors (Lipinski definition) is 2. The van der Waals surface area contributed by atoms with E-state index in [1.807, 2.05) is 43.3 Å². The van der Waals surface area contributed by atoms with E-state index in [4.69, 9.17) is 4.74 Å². The summed E-state index contributed by atoms with van der Waals surface area (Å²) in [6.45, 7) is 2.48.